The molecule has 3 aromatic rings. The third-order valence-corrected chi connectivity index (χ3v) is 6.63. The standard InChI is InChI=1S/C28H35NO3/c1-3-4-19-31-27-21(2)26(29-25-10-6-5-9-24(25)27)20-32-23-13-11-22(12-14-23)15-18-28(30)16-7-8-17-28/h5-6,9-14,30H,3-4,7-8,15-20H2,1-2H3. The van der Waals surface area contributed by atoms with Crippen LogP contribution in [0, 0.1) is 6.92 Å². The fraction of sp³-hybridized carbons (Fsp3) is 0.464. The van der Waals surface area contributed by atoms with Crippen molar-refractivity contribution in [2.24, 2.45) is 0 Å². The minimum absolute atomic E-state index is 0.403. The van der Waals surface area contributed by atoms with Crippen LogP contribution in [0.1, 0.15) is 68.7 Å². The van der Waals surface area contributed by atoms with Gasteiger partial charge in [-0.1, -0.05) is 50.5 Å². The number of aryl methyl sites for hydroxylation is 1. The van der Waals surface area contributed by atoms with Gasteiger partial charge in [-0.25, -0.2) is 4.98 Å². The van der Waals surface area contributed by atoms with Gasteiger partial charge in [-0.15, -0.1) is 0 Å². The summed E-state index contributed by atoms with van der Waals surface area (Å²) in [5, 5.41) is 11.6. The molecule has 1 aromatic heterocycles. The van der Waals surface area contributed by atoms with E-state index in [1.165, 1.54) is 5.56 Å². The SMILES string of the molecule is CCCCOc1c(C)c(COc2ccc(CCC3(O)CCCC3)cc2)nc2ccccc12. The van der Waals surface area contributed by atoms with Crippen LogP contribution >= 0.6 is 0 Å². The highest BCUT2D eigenvalue weighted by atomic mass is 16.5. The van der Waals surface area contributed by atoms with Gasteiger partial charge in [-0.2, -0.15) is 0 Å². The molecule has 4 heteroatoms. The van der Waals surface area contributed by atoms with E-state index in [-0.39, 0.29) is 0 Å². The third-order valence-electron chi connectivity index (χ3n) is 6.63. The first-order valence-electron chi connectivity index (χ1n) is 12.0. The number of aliphatic hydroxyl groups is 1. The Bertz CT molecular complexity index is 1020. The predicted octanol–water partition coefficient (Wildman–Crippen LogP) is 6.54. The first kappa shape index (κ1) is 22.6. The molecule has 0 bridgehead atoms. The summed E-state index contributed by atoms with van der Waals surface area (Å²) in [5.74, 6) is 1.75. The number of ether oxygens (including phenoxy) is 2. The molecule has 1 fully saturated rings. The van der Waals surface area contributed by atoms with Crippen LogP contribution in [0.15, 0.2) is 48.5 Å². The molecular formula is C28H35NO3. The lowest BCUT2D eigenvalue weighted by molar-refractivity contribution is 0.0391. The Morgan fingerprint density at radius 1 is 1.00 bits per heavy atom. The molecule has 0 amide bonds. The lowest BCUT2D eigenvalue weighted by Gasteiger charge is -2.21. The largest absolute Gasteiger partial charge is 0.493 e. The topological polar surface area (TPSA) is 51.6 Å². The van der Waals surface area contributed by atoms with Gasteiger partial charge in [0.1, 0.15) is 18.1 Å². The number of aromatic nitrogens is 1. The summed E-state index contributed by atoms with van der Waals surface area (Å²) in [6, 6.07) is 16.4. The van der Waals surface area contributed by atoms with E-state index in [0.717, 1.165) is 85.0 Å². The summed E-state index contributed by atoms with van der Waals surface area (Å²) < 4.78 is 12.2. The summed E-state index contributed by atoms with van der Waals surface area (Å²) in [4.78, 5) is 4.84. The minimum atomic E-state index is -0.453. The van der Waals surface area contributed by atoms with Gasteiger partial charge in [-0.3, -0.25) is 0 Å². The number of pyridine rings is 1. The first-order chi connectivity index (χ1) is 15.6. The second-order valence-electron chi connectivity index (χ2n) is 9.10. The Hall–Kier alpha value is -2.59. The van der Waals surface area contributed by atoms with Gasteiger partial charge in [0.2, 0.25) is 0 Å². The lowest BCUT2D eigenvalue weighted by atomic mass is 9.93. The number of unbranched alkanes of at least 4 members (excludes halogenated alkanes) is 1. The van der Waals surface area contributed by atoms with Gasteiger partial charge in [0, 0.05) is 10.9 Å². The Morgan fingerprint density at radius 3 is 2.50 bits per heavy atom. The maximum Gasteiger partial charge on any atom is 0.133 e. The summed E-state index contributed by atoms with van der Waals surface area (Å²) in [7, 11) is 0. The molecule has 0 radical (unpaired) electrons. The Kier molecular flexibility index (Phi) is 7.31. The number of benzene rings is 2. The van der Waals surface area contributed by atoms with E-state index in [1.54, 1.807) is 0 Å². The first-order valence-corrected chi connectivity index (χ1v) is 12.0. The van der Waals surface area contributed by atoms with E-state index in [0.29, 0.717) is 13.2 Å². The molecule has 32 heavy (non-hydrogen) atoms. The fourth-order valence-corrected chi connectivity index (χ4v) is 4.53. The summed E-state index contributed by atoms with van der Waals surface area (Å²) in [6.45, 7) is 5.35. The Balaban J connectivity index is 1.42. The predicted molar refractivity (Wildman–Crippen MR) is 129 cm³/mol. The molecule has 0 aliphatic heterocycles. The summed E-state index contributed by atoms with van der Waals surface area (Å²) in [5.41, 5.74) is 3.67. The molecule has 1 aliphatic carbocycles. The number of fused-ring (bicyclic) bond motifs is 1. The molecule has 4 rings (SSSR count). The molecule has 2 aromatic carbocycles. The van der Waals surface area contributed by atoms with E-state index >= 15 is 0 Å². The number of hydrogen-bond acceptors (Lipinski definition) is 4. The van der Waals surface area contributed by atoms with E-state index < -0.39 is 5.60 Å². The maximum atomic E-state index is 10.6. The van der Waals surface area contributed by atoms with Crippen molar-refractivity contribution < 1.29 is 14.6 Å². The highest BCUT2D eigenvalue weighted by Crippen LogP contribution is 2.34. The van der Waals surface area contributed by atoms with E-state index in [2.05, 4.69) is 32.0 Å². The van der Waals surface area contributed by atoms with Crippen LogP contribution in [-0.2, 0) is 13.0 Å². The number of para-hydroxylation sites is 1. The number of hydrogen-bond donors (Lipinski definition) is 1. The average molecular weight is 434 g/mol. The van der Waals surface area contributed by atoms with Gasteiger partial charge >= 0.3 is 0 Å². The quantitative estimate of drug-likeness (QED) is 0.369. The van der Waals surface area contributed by atoms with Crippen molar-refractivity contribution in [2.75, 3.05) is 6.61 Å². The zero-order valence-electron chi connectivity index (χ0n) is 19.4. The van der Waals surface area contributed by atoms with Crippen molar-refractivity contribution in [3.05, 3.63) is 65.4 Å². The monoisotopic (exact) mass is 433 g/mol. The minimum Gasteiger partial charge on any atom is -0.493 e. The van der Waals surface area contributed by atoms with E-state index in [9.17, 15) is 5.11 Å². The fourth-order valence-electron chi connectivity index (χ4n) is 4.53. The highest BCUT2D eigenvalue weighted by Gasteiger charge is 2.30. The number of rotatable bonds is 10. The summed E-state index contributed by atoms with van der Waals surface area (Å²) in [6.07, 6.45) is 8.06. The molecule has 0 unspecified atom stereocenters. The molecule has 170 valence electrons. The zero-order chi connectivity index (χ0) is 22.4. The molecule has 0 saturated heterocycles. The van der Waals surface area contributed by atoms with Gasteiger partial charge < -0.3 is 14.6 Å². The third kappa shape index (κ3) is 5.42. The van der Waals surface area contributed by atoms with Crippen molar-refractivity contribution in [2.45, 2.75) is 77.4 Å². The van der Waals surface area contributed by atoms with Crippen LogP contribution < -0.4 is 9.47 Å². The number of nitrogens with zero attached hydrogens (tertiary/aromatic N) is 1. The lowest BCUT2D eigenvalue weighted by Crippen LogP contribution is -2.24. The molecule has 1 heterocycles. The highest BCUT2D eigenvalue weighted by molar-refractivity contribution is 5.86. The maximum absolute atomic E-state index is 10.6. The van der Waals surface area contributed by atoms with Gasteiger partial charge in [0.25, 0.3) is 0 Å². The van der Waals surface area contributed by atoms with Gasteiger partial charge in [0.15, 0.2) is 0 Å². The zero-order valence-corrected chi connectivity index (χ0v) is 19.4. The molecule has 1 N–H and O–H groups in total. The van der Waals surface area contributed by atoms with Gasteiger partial charge in [0.05, 0.1) is 23.4 Å². The van der Waals surface area contributed by atoms with Crippen LogP contribution in [0.4, 0.5) is 0 Å². The van der Waals surface area contributed by atoms with E-state index in [4.69, 9.17) is 14.5 Å². The normalized spacial score (nSPS) is 15.2. The molecule has 4 nitrogen and oxygen atoms in total. The molecule has 0 atom stereocenters. The Labute approximate surface area is 191 Å². The van der Waals surface area contributed by atoms with Crippen LogP contribution in [0.3, 0.4) is 0 Å². The van der Waals surface area contributed by atoms with Crippen LogP contribution in [0.5, 0.6) is 11.5 Å². The second-order valence-corrected chi connectivity index (χ2v) is 9.10. The summed E-state index contributed by atoms with van der Waals surface area (Å²) >= 11 is 0. The van der Waals surface area contributed by atoms with Gasteiger partial charge in [-0.05, 0) is 68.9 Å². The van der Waals surface area contributed by atoms with Crippen LogP contribution in [0.2, 0.25) is 0 Å². The molecular weight excluding hydrogens is 398 g/mol. The van der Waals surface area contributed by atoms with Crippen molar-refractivity contribution in [1.29, 1.82) is 0 Å². The molecule has 0 spiro atoms. The average Bonchev–Trinajstić information content (AvgIpc) is 3.25. The van der Waals surface area contributed by atoms with Crippen molar-refractivity contribution in [3.63, 3.8) is 0 Å². The second kappa shape index (κ2) is 10.4. The van der Waals surface area contributed by atoms with Crippen molar-refractivity contribution in [1.82, 2.24) is 4.98 Å². The van der Waals surface area contributed by atoms with Crippen molar-refractivity contribution in [3.8, 4) is 11.5 Å². The van der Waals surface area contributed by atoms with Crippen molar-refractivity contribution >= 4 is 10.9 Å². The van der Waals surface area contributed by atoms with Crippen LogP contribution in [0.25, 0.3) is 10.9 Å². The Morgan fingerprint density at radius 2 is 1.75 bits per heavy atom. The molecule has 1 aliphatic rings. The molecule has 1 saturated carbocycles. The smallest absolute Gasteiger partial charge is 0.133 e. The van der Waals surface area contributed by atoms with E-state index in [1.807, 2.05) is 30.3 Å². The van der Waals surface area contributed by atoms with Crippen LogP contribution in [-0.4, -0.2) is 22.3 Å².